The monoisotopic (exact) mass is 560 g/mol. The van der Waals surface area contributed by atoms with Crippen molar-refractivity contribution in [1.29, 1.82) is 0 Å². The molecule has 1 aliphatic heterocycles. The van der Waals surface area contributed by atoms with E-state index in [1.165, 1.54) is 18.3 Å². The first-order chi connectivity index (χ1) is 18.5. The number of halogens is 3. The molecule has 5 rings (SSSR count). The highest BCUT2D eigenvalue weighted by Gasteiger charge is 2.41. The van der Waals surface area contributed by atoms with Gasteiger partial charge in [-0.05, 0) is 56.4 Å². The van der Waals surface area contributed by atoms with Gasteiger partial charge in [-0.2, -0.15) is 0 Å². The second-order valence-corrected chi connectivity index (χ2v) is 11.0. The fraction of sp³-hybridized carbons (Fsp3) is 0.429. The molecule has 3 aromatic rings. The van der Waals surface area contributed by atoms with Crippen molar-refractivity contribution in [3.63, 3.8) is 0 Å². The van der Waals surface area contributed by atoms with Crippen LogP contribution in [0.3, 0.4) is 0 Å². The molecule has 1 saturated heterocycles. The number of pyridine rings is 1. The first-order valence-corrected chi connectivity index (χ1v) is 13.4. The highest BCUT2D eigenvalue weighted by Crippen LogP contribution is 2.40. The summed E-state index contributed by atoms with van der Waals surface area (Å²) in [5, 5.41) is 13.3. The summed E-state index contributed by atoms with van der Waals surface area (Å²) in [7, 11) is 0. The van der Waals surface area contributed by atoms with Crippen LogP contribution in [0.25, 0.3) is 10.9 Å². The van der Waals surface area contributed by atoms with E-state index in [0.29, 0.717) is 62.1 Å². The van der Waals surface area contributed by atoms with Gasteiger partial charge in [0.1, 0.15) is 35.7 Å². The van der Waals surface area contributed by atoms with Gasteiger partial charge in [-0.15, -0.1) is 0 Å². The topological polar surface area (TPSA) is 110 Å². The molecule has 1 aromatic heterocycles. The van der Waals surface area contributed by atoms with E-state index >= 15 is 0 Å². The van der Waals surface area contributed by atoms with Crippen LogP contribution in [0.2, 0.25) is 5.02 Å². The minimum atomic E-state index is -0.767. The summed E-state index contributed by atoms with van der Waals surface area (Å²) >= 11 is 5.96. The minimum Gasteiger partial charge on any atom is -0.491 e. The predicted molar refractivity (Wildman–Crippen MR) is 144 cm³/mol. The van der Waals surface area contributed by atoms with Gasteiger partial charge in [0.15, 0.2) is 0 Å². The quantitative estimate of drug-likeness (QED) is 0.390. The number of aromatic nitrogens is 1. The van der Waals surface area contributed by atoms with Gasteiger partial charge in [-0.1, -0.05) is 17.7 Å². The molecule has 1 saturated carbocycles. The number of carbonyl (C=O) groups is 1. The number of aryl methyl sites for hydroxylation is 1. The lowest BCUT2D eigenvalue weighted by molar-refractivity contribution is 0.0567. The summed E-state index contributed by atoms with van der Waals surface area (Å²) in [4.78, 5) is 28.4. The maximum Gasteiger partial charge on any atom is 0.256 e. The molecule has 0 bridgehead atoms. The first-order valence-electron chi connectivity index (χ1n) is 13.0. The number of ether oxygens (including phenoxy) is 1. The minimum absolute atomic E-state index is 0.0296. The molecular formula is C28H31ClF2N4O4. The van der Waals surface area contributed by atoms with E-state index in [1.54, 1.807) is 23.6 Å². The van der Waals surface area contributed by atoms with Crippen molar-refractivity contribution in [2.45, 2.75) is 50.4 Å². The summed E-state index contributed by atoms with van der Waals surface area (Å²) in [6, 6.07) is 6.84. The Hall–Kier alpha value is -3.05. The zero-order valence-electron chi connectivity index (χ0n) is 21.6. The lowest BCUT2D eigenvalue weighted by Gasteiger charge is -2.33. The maximum atomic E-state index is 14.2. The van der Waals surface area contributed by atoms with Gasteiger partial charge in [0, 0.05) is 43.3 Å². The van der Waals surface area contributed by atoms with Gasteiger partial charge in [-0.3, -0.25) is 9.59 Å². The van der Waals surface area contributed by atoms with Gasteiger partial charge in [-0.25, -0.2) is 8.78 Å². The average Bonchev–Trinajstić information content (AvgIpc) is 3.65. The third kappa shape index (κ3) is 5.94. The molecule has 1 atom stereocenters. The largest absolute Gasteiger partial charge is 0.491 e. The Kier molecular flexibility index (Phi) is 7.65. The fourth-order valence-electron chi connectivity index (χ4n) is 4.95. The van der Waals surface area contributed by atoms with Crippen LogP contribution in [0.15, 0.2) is 41.3 Å². The smallest absolute Gasteiger partial charge is 0.256 e. The van der Waals surface area contributed by atoms with Crippen molar-refractivity contribution in [1.82, 2.24) is 14.8 Å². The van der Waals surface area contributed by atoms with Crippen LogP contribution in [-0.4, -0.2) is 58.9 Å². The summed E-state index contributed by atoms with van der Waals surface area (Å²) in [5.41, 5.74) is 5.89. The number of nitrogens with zero attached hydrogens (tertiary/aromatic N) is 2. The molecule has 208 valence electrons. The summed E-state index contributed by atoms with van der Waals surface area (Å²) < 4.78 is 35.1. The number of nitrogens with two attached hydrogens (primary N) is 1. The Labute approximate surface area is 229 Å². The molecule has 2 fully saturated rings. The highest BCUT2D eigenvalue weighted by atomic mass is 35.5. The Morgan fingerprint density at radius 1 is 1.23 bits per heavy atom. The van der Waals surface area contributed by atoms with E-state index in [2.05, 4.69) is 10.2 Å². The Morgan fingerprint density at radius 2 is 1.95 bits per heavy atom. The molecule has 39 heavy (non-hydrogen) atoms. The lowest BCUT2D eigenvalue weighted by atomic mass is 10.0. The van der Waals surface area contributed by atoms with Gasteiger partial charge in [0.25, 0.3) is 5.91 Å². The molecular weight excluding hydrogens is 530 g/mol. The number of β-amino-alcohol motifs (C(OH)–C–C–N with tert-alkyl or cyclic N) is 1. The van der Waals surface area contributed by atoms with Gasteiger partial charge in [0.05, 0.1) is 16.2 Å². The molecule has 2 aromatic carbocycles. The number of rotatable bonds is 8. The maximum absolute atomic E-state index is 14.2. The third-order valence-corrected chi connectivity index (χ3v) is 7.80. The molecule has 2 aliphatic rings. The van der Waals surface area contributed by atoms with Crippen molar-refractivity contribution >= 4 is 28.4 Å². The zero-order valence-corrected chi connectivity index (χ0v) is 22.3. The average molecular weight is 561 g/mol. The van der Waals surface area contributed by atoms with E-state index < -0.39 is 28.9 Å². The van der Waals surface area contributed by atoms with E-state index in [-0.39, 0.29) is 34.4 Å². The van der Waals surface area contributed by atoms with Crippen molar-refractivity contribution in [3.05, 3.63) is 74.5 Å². The summed E-state index contributed by atoms with van der Waals surface area (Å²) in [6.07, 6.45) is 3.25. The Morgan fingerprint density at radius 3 is 2.62 bits per heavy atom. The molecule has 0 unspecified atom stereocenters. The van der Waals surface area contributed by atoms with Crippen LogP contribution in [0.5, 0.6) is 5.75 Å². The molecule has 0 spiro atoms. The van der Waals surface area contributed by atoms with Crippen molar-refractivity contribution < 1.29 is 23.4 Å². The van der Waals surface area contributed by atoms with Crippen LogP contribution in [0.4, 0.5) is 8.78 Å². The molecule has 1 amide bonds. The van der Waals surface area contributed by atoms with E-state index in [4.69, 9.17) is 22.1 Å². The van der Waals surface area contributed by atoms with Crippen LogP contribution < -0.4 is 21.2 Å². The number of aliphatic hydroxyl groups is 1. The molecule has 8 nitrogen and oxygen atoms in total. The van der Waals surface area contributed by atoms with E-state index in [0.717, 1.165) is 6.07 Å². The number of fused-ring (bicyclic) bond motifs is 1. The number of aliphatic hydroxyl groups excluding tert-OH is 1. The van der Waals surface area contributed by atoms with E-state index in [9.17, 15) is 23.5 Å². The molecule has 1 aliphatic carbocycles. The third-order valence-electron chi connectivity index (χ3n) is 7.51. The number of piperidine rings is 1. The number of nitrogens with one attached hydrogen (secondary N) is 1. The predicted octanol–water partition coefficient (Wildman–Crippen LogP) is 3.28. The van der Waals surface area contributed by atoms with Crippen LogP contribution in [0, 0.1) is 18.6 Å². The zero-order chi connectivity index (χ0) is 27.9. The summed E-state index contributed by atoms with van der Waals surface area (Å²) in [6.45, 7) is 3.31. The van der Waals surface area contributed by atoms with Crippen molar-refractivity contribution in [2.75, 3.05) is 26.2 Å². The van der Waals surface area contributed by atoms with Crippen molar-refractivity contribution in [3.8, 4) is 5.75 Å². The van der Waals surface area contributed by atoms with E-state index in [1.807, 2.05) is 0 Å². The number of benzene rings is 2. The number of hydrogen-bond donors (Lipinski definition) is 3. The van der Waals surface area contributed by atoms with Crippen LogP contribution in [0.1, 0.15) is 41.6 Å². The number of hydrogen-bond acceptors (Lipinski definition) is 6. The number of amides is 1. The Bertz CT molecular complexity index is 1470. The summed E-state index contributed by atoms with van der Waals surface area (Å²) in [5.74, 6) is -1.27. The van der Waals surface area contributed by atoms with Gasteiger partial charge < -0.3 is 30.4 Å². The normalized spacial score (nSPS) is 18.2. The Balaban J connectivity index is 1.19. The second-order valence-electron chi connectivity index (χ2n) is 10.6. The number of likely N-dealkylation sites (tertiary alicyclic amines) is 1. The highest BCUT2D eigenvalue weighted by molar-refractivity contribution is 6.31. The molecule has 11 heteroatoms. The molecule has 0 radical (unpaired) electrons. The first kappa shape index (κ1) is 27.5. The van der Waals surface area contributed by atoms with Crippen LogP contribution >= 0.6 is 11.6 Å². The molecule has 2 heterocycles. The molecule has 4 N–H and O–H groups in total. The van der Waals surface area contributed by atoms with Crippen LogP contribution in [-0.2, 0) is 5.66 Å². The lowest BCUT2D eigenvalue weighted by Crippen LogP contribution is -2.47. The standard InChI is InChI=1S/C28H31ClF2N4O4/c1-16-2-3-19(10-23(16)30)39-15-18(36)13-34-8-4-17(5-9-34)33-27(38)21-14-35(28(32)6-7-28)25-12-22(29)24(31)11-20(25)26(21)37/h2-3,10-12,14,17-18,36H,4-9,13,15,32H2,1H3,(H,33,38)/t18-/m1/s1. The fourth-order valence-corrected chi connectivity index (χ4v) is 5.11. The second kappa shape index (κ2) is 10.8. The number of carbonyl (C=O) groups excluding carboxylic acids is 1. The SMILES string of the molecule is Cc1ccc(OC[C@H](O)CN2CCC(NC(=O)c3cn(C4(N)CC4)c4cc(Cl)c(F)cc4c3=O)CC2)cc1F. The van der Waals surface area contributed by atoms with Gasteiger partial charge in [0.2, 0.25) is 5.43 Å². The van der Waals surface area contributed by atoms with Gasteiger partial charge >= 0.3 is 0 Å². The van der Waals surface area contributed by atoms with Crippen molar-refractivity contribution in [2.24, 2.45) is 5.73 Å².